The number of nitrogens with zero attached hydrogens (tertiary/aromatic N) is 2. The number of nitriles is 1. The molecule has 0 spiro atoms. The third-order valence-corrected chi connectivity index (χ3v) is 4.97. The van der Waals surface area contributed by atoms with Gasteiger partial charge in [0.25, 0.3) is 0 Å². The number of hydrogen-bond acceptors (Lipinski definition) is 5. The highest BCUT2D eigenvalue weighted by Crippen LogP contribution is 2.38. The van der Waals surface area contributed by atoms with Crippen LogP contribution in [-0.4, -0.2) is 14.8 Å². The molecule has 0 aliphatic rings. The molecule has 3 aromatic rings. The fourth-order valence-electron chi connectivity index (χ4n) is 2.19. The van der Waals surface area contributed by atoms with E-state index in [1.165, 1.54) is 11.3 Å². The molecule has 1 heterocycles. The molecule has 0 radical (unpaired) electrons. The standard InChI is InChI=1S/C16H13N2O4PS/c17-8-16-18-14-6-5-13(7-15(14)24-16)22-9-11-1-3-12(4-2-11)10-23(19,20)21/h1-7H,9-10H2,(H2,19,20,21). The summed E-state index contributed by atoms with van der Waals surface area (Å²) in [5.74, 6) is 0.676. The largest absolute Gasteiger partial charge is 0.489 e. The summed E-state index contributed by atoms with van der Waals surface area (Å²) in [7, 11) is -4.05. The van der Waals surface area contributed by atoms with Crippen molar-refractivity contribution in [2.24, 2.45) is 0 Å². The van der Waals surface area contributed by atoms with Crippen molar-refractivity contribution in [2.75, 3.05) is 0 Å². The van der Waals surface area contributed by atoms with Crippen LogP contribution in [0.2, 0.25) is 0 Å². The first-order valence-corrected chi connectivity index (χ1v) is 9.60. The number of hydrogen-bond donors (Lipinski definition) is 2. The molecule has 6 nitrogen and oxygen atoms in total. The van der Waals surface area contributed by atoms with E-state index in [0.717, 1.165) is 15.8 Å². The zero-order valence-corrected chi connectivity index (χ0v) is 14.1. The molecule has 0 aliphatic heterocycles. The minimum Gasteiger partial charge on any atom is -0.489 e. The summed E-state index contributed by atoms with van der Waals surface area (Å²) in [6.07, 6.45) is -0.266. The van der Waals surface area contributed by atoms with Gasteiger partial charge < -0.3 is 14.5 Å². The van der Waals surface area contributed by atoms with Gasteiger partial charge in [0.05, 0.1) is 16.4 Å². The van der Waals surface area contributed by atoms with E-state index in [2.05, 4.69) is 4.98 Å². The molecule has 2 aromatic carbocycles. The lowest BCUT2D eigenvalue weighted by atomic mass is 10.2. The number of thiazole rings is 1. The van der Waals surface area contributed by atoms with Gasteiger partial charge in [-0.2, -0.15) is 5.26 Å². The van der Waals surface area contributed by atoms with E-state index < -0.39 is 7.60 Å². The summed E-state index contributed by atoms with van der Waals surface area (Å²) in [6, 6.07) is 14.4. The lowest BCUT2D eigenvalue weighted by Gasteiger charge is -2.08. The van der Waals surface area contributed by atoms with E-state index >= 15 is 0 Å². The van der Waals surface area contributed by atoms with Gasteiger partial charge in [0.1, 0.15) is 18.4 Å². The Bertz CT molecular complexity index is 956. The number of rotatable bonds is 5. The molecule has 0 atom stereocenters. The second-order valence-electron chi connectivity index (χ2n) is 5.19. The van der Waals surface area contributed by atoms with Crippen LogP contribution in [0, 0.1) is 11.3 Å². The topological polar surface area (TPSA) is 103 Å². The van der Waals surface area contributed by atoms with Gasteiger partial charge in [-0.1, -0.05) is 24.3 Å². The number of fused-ring (bicyclic) bond motifs is 1. The lowest BCUT2D eigenvalue weighted by Crippen LogP contribution is -1.96. The molecule has 8 heteroatoms. The van der Waals surface area contributed by atoms with Crippen LogP contribution in [0.1, 0.15) is 16.1 Å². The molecule has 0 fully saturated rings. The van der Waals surface area contributed by atoms with Gasteiger partial charge in [0.15, 0.2) is 5.01 Å². The lowest BCUT2D eigenvalue weighted by molar-refractivity contribution is 0.306. The van der Waals surface area contributed by atoms with E-state index in [1.807, 2.05) is 18.2 Å². The van der Waals surface area contributed by atoms with Crippen LogP contribution in [-0.2, 0) is 17.3 Å². The Balaban J connectivity index is 1.67. The van der Waals surface area contributed by atoms with Crippen LogP contribution in [0.3, 0.4) is 0 Å². The second-order valence-corrected chi connectivity index (χ2v) is 7.86. The van der Waals surface area contributed by atoms with Crippen molar-refractivity contribution < 1.29 is 19.1 Å². The number of aromatic nitrogens is 1. The minimum atomic E-state index is -4.05. The van der Waals surface area contributed by atoms with Crippen LogP contribution in [0.5, 0.6) is 5.75 Å². The van der Waals surface area contributed by atoms with Gasteiger partial charge in [-0.25, -0.2) is 4.98 Å². The highest BCUT2D eigenvalue weighted by Gasteiger charge is 2.13. The van der Waals surface area contributed by atoms with E-state index in [1.54, 1.807) is 30.3 Å². The Labute approximate surface area is 142 Å². The molecular formula is C16H13N2O4PS. The molecule has 3 rings (SSSR count). The SMILES string of the molecule is N#Cc1nc2ccc(OCc3ccc(CP(=O)(O)O)cc3)cc2s1. The summed E-state index contributed by atoms with van der Waals surface area (Å²) < 4.78 is 17.6. The third-order valence-electron chi connectivity index (χ3n) is 3.27. The Morgan fingerprint density at radius 3 is 2.54 bits per heavy atom. The molecule has 0 saturated heterocycles. The number of ether oxygens (including phenoxy) is 1. The van der Waals surface area contributed by atoms with Crippen molar-refractivity contribution in [3.8, 4) is 11.8 Å². The van der Waals surface area contributed by atoms with Gasteiger partial charge in [-0.05, 0) is 29.3 Å². The van der Waals surface area contributed by atoms with Gasteiger partial charge in [-0.3, -0.25) is 4.57 Å². The van der Waals surface area contributed by atoms with Crippen molar-refractivity contribution >= 4 is 29.1 Å². The maximum absolute atomic E-state index is 11.0. The average Bonchev–Trinajstić information content (AvgIpc) is 2.95. The Kier molecular flexibility index (Phi) is 4.65. The first-order chi connectivity index (χ1) is 11.4. The van der Waals surface area contributed by atoms with Crippen molar-refractivity contribution in [2.45, 2.75) is 12.8 Å². The summed E-state index contributed by atoms with van der Waals surface area (Å²) >= 11 is 1.31. The predicted octanol–water partition coefficient (Wildman–Crippen LogP) is 3.42. The zero-order chi connectivity index (χ0) is 17.2. The van der Waals surface area contributed by atoms with E-state index in [9.17, 15) is 4.57 Å². The van der Waals surface area contributed by atoms with Crippen LogP contribution in [0.15, 0.2) is 42.5 Å². The maximum atomic E-state index is 11.0. The van der Waals surface area contributed by atoms with Crippen molar-refractivity contribution in [3.63, 3.8) is 0 Å². The zero-order valence-electron chi connectivity index (χ0n) is 12.4. The van der Waals surface area contributed by atoms with Gasteiger partial charge in [-0.15, -0.1) is 11.3 Å². The highest BCUT2D eigenvalue weighted by molar-refractivity contribution is 7.50. The van der Waals surface area contributed by atoms with Crippen LogP contribution in [0.4, 0.5) is 0 Å². The van der Waals surface area contributed by atoms with Gasteiger partial charge >= 0.3 is 7.60 Å². The summed E-state index contributed by atoms with van der Waals surface area (Å²) in [6.45, 7) is 0.339. The monoisotopic (exact) mass is 360 g/mol. The smallest absolute Gasteiger partial charge is 0.329 e. The maximum Gasteiger partial charge on any atom is 0.329 e. The summed E-state index contributed by atoms with van der Waals surface area (Å²) in [5.41, 5.74) is 2.25. The summed E-state index contributed by atoms with van der Waals surface area (Å²) in [5, 5.41) is 9.29. The predicted molar refractivity (Wildman–Crippen MR) is 90.9 cm³/mol. The van der Waals surface area contributed by atoms with Gasteiger partial charge in [0.2, 0.25) is 0 Å². The Morgan fingerprint density at radius 2 is 1.88 bits per heavy atom. The molecule has 0 amide bonds. The Morgan fingerprint density at radius 1 is 1.17 bits per heavy atom. The molecule has 0 aliphatic carbocycles. The first-order valence-electron chi connectivity index (χ1n) is 6.99. The fourth-order valence-corrected chi connectivity index (χ4v) is 3.67. The first kappa shape index (κ1) is 16.6. The number of benzene rings is 2. The minimum absolute atomic E-state index is 0.266. The highest BCUT2D eigenvalue weighted by atomic mass is 32.1. The Hall–Kier alpha value is -2.23. The molecular weight excluding hydrogens is 347 g/mol. The molecule has 122 valence electrons. The van der Waals surface area contributed by atoms with E-state index in [0.29, 0.717) is 22.9 Å². The van der Waals surface area contributed by atoms with Crippen molar-refractivity contribution in [1.29, 1.82) is 5.26 Å². The normalized spacial score (nSPS) is 11.4. The van der Waals surface area contributed by atoms with E-state index in [4.69, 9.17) is 19.8 Å². The van der Waals surface area contributed by atoms with Crippen molar-refractivity contribution in [3.05, 3.63) is 58.6 Å². The molecule has 1 aromatic heterocycles. The fraction of sp³-hybridized carbons (Fsp3) is 0.125. The van der Waals surface area contributed by atoms with E-state index in [-0.39, 0.29) is 6.16 Å². The average molecular weight is 360 g/mol. The molecule has 0 unspecified atom stereocenters. The molecule has 0 saturated carbocycles. The molecule has 24 heavy (non-hydrogen) atoms. The summed E-state index contributed by atoms with van der Waals surface area (Å²) in [4.78, 5) is 22.1. The second kappa shape index (κ2) is 6.71. The third kappa shape index (κ3) is 4.19. The van der Waals surface area contributed by atoms with Crippen molar-refractivity contribution in [1.82, 2.24) is 4.98 Å². The molecule has 0 bridgehead atoms. The molecule has 2 N–H and O–H groups in total. The van der Waals surface area contributed by atoms with Crippen LogP contribution < -0.4 is 4.74 Å². The van der Waals surface area contributed by atoms with Crippen LogP contribution >= 0.6 is 18.9 Å². The van der Waals surface area contributed by atoms with Gasteiger partial charge in [0, 0.05) is 0 Å². The quantitative estimate of drug-likeness (QED) is 0.676. The van der Waals surface area contributed by atoms with Crippen LogP contribution in [0.25, 0.3) is 10.2 Å².